The number of imidazole rings is 1. The summed E-state index contributed by atoms with van der Waals surface area (Å²) < 4.78 is 0. The van der Waals surface area contributed by atoms with E-state index in [0.29, 0.717) is 12.4 Å². The molecule has 2 aromatic heterocycles. The lowest BCUT2D eigenvalue weighted by molar-refractivity contribution is 0.0772. The first-order chi connectivity index (χ1) is 9.10. The first-order valence-corrected chi connectivity index (χ1v) is 6.40. The summed E-state index contributed by atoms with van der Waals surface area (Å²) in [4.78, 5) is 20.7. The Bertz CT molecular complexity index is 557. The number of nitrogens with one attached hydrogen (secondary N) is 2. The number of rotatable bonds is 5. The van der Waals surface area contributed by atoms with Crippen molar-refractivity contribution in [2.75, 3.05) is 7.05 Å². The second-order valence-electron chi connectivity index (χ2n) is 4.71. The highest BCUT2D eigenvalue weighted by Gasteiger charge is 2.15. The molecule has 19 heavy (non-hydrogen) atoms. The van der Waals surface area contributed by atoms with Gasteiger partial charge in [0, 0.05) is 18.9 Å². The maximum Gasteiger partial charge on any atom is 0.289 e. The van der Waals surface area contributed by atoms with Crippen LogP contribution >= 0.6 is 0 Å². The highest BCUT2D eigenvalue weighted by atomic mass is 16.2. The van der Waals surface area contributed by atoms with Crippen LogP contribution in [0.1, 0.15) is 41.0 Å². The molecular formula is C13H19N5O. The highest BCUT2D eigenvalue weighted by Crippen LogP contribution is 2.07. The van der Waals surface area contributed by atoms with Gasteiger partial charge in [0.1, 0.15) is 0 Å². The first-order valence-electron chi connectivity index (χ1n) is 6.40. The lowest BCUT2D eigenvalue weighted by atomic mass is 10.2. The van der Waals surface area contributed by atoms with Crippen LogP contribution < -0.4 is 0 Å². The number of aryl methyl sites for hydroxylation is 2. The monoisotopic (exact) mass is 261 g/mol. The SMILES string of the molecule is CCCc1cc(CN(C)C(=O)c2ncc(C)[nH]2)[nH]n1. The second kappa shape index (κ2) is 5.69. The third-order valence-corrected chi connectivity index (χ3v) is 2.85. The minimum atomic E-state index is -0.125. The van der Waals surface area contributed by atoms with E-state index in [1.807, 2.05) is 13.0 Å². The summed E-state index contributed by atoms with van der Waals surface area (Å²) in [5, 5.41) is 7.17. The molecule has 1 amide bonds. The van der Waals surface area contributed by atoms with Crippen LogP contribution in [0.4, 0.5) is 0 Å². The van der Waals surface area contributed by atoms with Crippen molar-refractivity contribution in [3.8, 4) is 0 Å². The van der Waals surface area contributed by atoms with Crippen molar-refractivity contribution in [2.24, 2.45) is 0 Å². The van der Waals surface area contributed by atoms with E-state index in [1.54, 1.807) is 18.1 Å². The van der Waals surface area contributed by atoms with Crippen LogP contribution in [0.15, 0.2) is 12.3 Å². The third-order valence-electron chi connectivity index (χ3n) is 2.85. The minimum Gasteiger partial charge on any atom is -0.338 e. The molecule has 0 spiro atoms. The van der Waals surface area contributed by atoms with Crippen molar-refractivity contribution in [1.29, 1.82) is 0 Å². The number of amides is 1. The fourth-order valence-electron chi connectivity index (χ4n) is 1.90. The van der Waals surface area contributed by atoms with Crippen molar-refractivity contribution in [3.63, 3.8) is 0 Å². The standard InChI is InChI=1S/C13H19N5O/c1-4-5-10-6-11(17-16-10)8-18(3)13(19)12-14-7-9(2)15-12/h6-7H,4-5,8H2,1-3H3,(H,14,15)(H,16,17). The summed E-state index contributed by atoms with van der Waals surface area (Å²) in [7, 11) is 1.75. The van der Waals surface area contributed by atoms with Gasteiger partial charge in [-0.05, 0) is 19.4 Å². The van der Waals surface area contributed by atoms with Gasteiger partial charge in [0.2, 0.25) is 0 Å². The molecule has 0 saturated carbocycles. The molecule has 2 aromatic rings. The molecule has 2 N–H and O–H groups in total. The first kappa shape index (κ1) is 13.3. The number of aromatic amines is 2. The Balaban J connectivity index is 1.99. The Morgan fingerprint density at radius 2 is 2.26 bits per heavy atom. The molecule has 6 nitrogen and oxygen atoms in total. The van der Waals surface area contributed by atoms with Gasteiger partial charge in [-0.15, -0.1) is 0 Å². The van der Waals surface area contributed by atoms with Gasteiger partial charge in [-0.3, -0.25) is 9.89 Å². The molecule has 0 bridgehead atoms. The van der Waals surface area contributed by atoms with Gasteiger partial charge in [0.05, 0.1) is 17.9 Å². The molecule has 0 aromatic carbocycles. The average Bonchev–Trinajstić information content (AvgIpc) is 2.98. The van der Waals surface area contributed by atoms with Crippen molar-refractivity contribution in [2.45, 2.75) is 33.2 Å². The Morgan fingerprint density at radius 1 is 1.47 bits per heavy atom. The van der Waals surface area contributed by atoms with Crippen LogP contribution in [0, 0.1) is 6.92 Å². The zero-order chi connectivity index (χ0) is 13.8. The number of nitrogens with zero attached hydrogens (tertiary/aromatic N) is 3. The summed E-state index contributed by atoms with van der Waals surface area (Å²) >= 11 is 0. The van der Waals surface area contributed by atoms with Gasteiger partial charge in [-0.1, -0.05) is 13.3 Å². The van der Waals surface area contributed by atoms with E-state index in [9.17, 15) is 4.79 Å². The van der Waals surface area contributed by atoms with E-state index in [-0.39, 0.29) is 5.91 Å². The lowest BCUT2D eigenvalue weighted by Gasteiger charge is -2.14. The zero-order valence-corrected chi connectivity index (χ0v) is 11.5. The smallest absolute Gasteiger partial charge is 0.289 e. The van der Waals surface area contributed by atoms with Gasteiger partial charge >= 0.3 is 0 Å². The van der Waals surface area contributed by atoms with Gasteiger partial charge < -0.3 is 9.88 Å². The number of carbonyl (C=O) groups excluding carboxylic acids is 1. The normalized spacial score (nSPS) is 10.7. The molecule has 0 aliphatic heterocycles. The van der Waals surface area contributed by atoms with E-state index in [2.05, 4.69) is 27.1 Å². The van der Waals surface area contributed by atoms with E-state index >= 15 is 0 Å². The molecule has 0 aliphatic carbocycles. The van der Waals surface area contributed by atoms with Gasteiger partial charge in [0.25, 0.3) is 5.91 Å². The molecule has 0 radical (unpaired) electrons. The van der Waals surface area contributed by atoms with Gasteiger partial charge in [-0.2, -0.15) is 5.10 Å². The Kier molecular flexibility index (Phi) is 3.99. The molecule has 0 aliphatic rings. The molecular weight excluding hydrogens is 242 g/mol. The van der Waals surface area contributed by atoms with Crippen molar-refractivity contribution in [3.05, 3.63) is 35.2 Å². The number of aromatic nitrogens is 4. The molecule has 0 unspecified atom stereocenters. The van der Waals surface area contributed by atoms with Crippen LogP contribution in [-0.4, -0.2) is 38.0 Å². The van der Waals surface area contributed by atoms with E-state index in [4.69, 9.17) is 0 Å². The summed E-state index contributed by atoms with van der Waals surface area (Å²) in [6.45, 7) is 4.48. The number of H-pyrrole nitrogens is 2. The largest absolute Gasteiger partial charge is 0.338 e. The maximum atomic E-state index is 12.1. The molecule has 0 atom stereocenters. The van der Waals surface area contributed by atoms with Gasteiger partial charge in [-0.25, -0.2) is 4.98 Å². The quantitative estimate of drug-likeness (QED) is 0.859. The van der Waals surface area contributed by atoms with Crippen molar-refractivity contribution < 1.29 is 4.79 Å². The van der Waals surface area contributed by atoms with E-state index < -0.39 is 0 Å². The van der Waals surface area contributed by atoms with Crippen LogP contribution in [0.3, 0.4) is 0 Å². The topological polar surface area (TPSA) is 77.7 Å². The van der Waals surface area contributed by atoms with Crippen LogP contribution in [0.2, 0.25) is 0 Å². The predicted octanol–water partition coefficient (Wildman–Crippen LogP) is 1.67. The Hall–Kier alpha value is -2.11. The summed E-state index contributed by atoms with van der Waals surface area (Å²) in [6, 6.07) is 2.00. The van der Waals surface area contributed by atoms with E-state index in [1.165, 1.54) is 0 Å². The maximum absolute atomic E-state index is 12.1. The van der Waals surface area contributed by atoms with Gasteiger partial charge in [0.15, 0.2) is 5.82 Å². The number of carbonyl (C=O) groups is 1. The summed E-state index contributed by atoms with van der Waals surface area (Å²) in [5.74, 6) is 0.244. The highest BCUT2D eigenvalue weighted by molar-refractivity contribution is 5.90. The molecule has 2 rings (SSSR count). The molecule has 0 saturated heterocycles. The minimum absolute atomic E-state index is 0.125. The van der Waals surface area contributed by atoms with Crippen LogP contribution in [0.25, 0.3) is 0 Å². The average molecular weight is 261 g/mol. The lowest BCUT2D eigenvalue weighted by Crippen LogP contribution is -2.27. The second-order valence-corrected chi connectivity index (χ2v) is 4.71. The summed E-state index contributed by atoms with van der Waals surface area (Å²) in [5.41, 5.74) is 2.85. The Morgan fingerprint density at radius 3 is 2.89 bits per heavy atom. The molecule has 0 fully saturated rings. The molecule has 6 heteroatoms. The van der Waals surface area contributed by atoms with Crippen LogP contribution in [-0.2, 0) is 13.0 Å². The predicted molar refractivity (Wildman–Crippen MR) is 71.7 cm³/mol. The molecule has 2 heterocycles. The number of hydrogen-bond donors (Lipinski definition) is 2. The fraction of sp³-hybridized carbons (Fsp3) is 0.462. The Labute approximate surface area is 112 Å². The number of hydrogen-bond acceptors (Lipinski definition) is 3. The van der Waals surface area contributed by atoms with Crippen molar-refractivity contribution in [1.82, 2.24) is 25.1 Å². The van der Waals surface area contributed by atoms with Crippen LogP contribution in [0.5, 0.6) is 0 Å². The third kappa shape index (κ3) is 3.21. The fourth-order valence-corrected chi connectivity index (χ4v) is 1.90. The van der Waals surface area contributed by atoms with Crippen molar-refractivity contribution >= 4 is 5.91 Å². The molecule has 102 valence electrons. The summed E-state index contributed by atoms with van der Waals surface area (Å²) in [6.07, 6.45) is 3.66. The zero-order valence-electron chi connectivity index (χ0n) is 11.5. The van der Waals surface area contributed by atoms with E-state index in [0.717, 1.165) is 29.9 Å².